The van der Waals surface area contributed by atoms with E-state index in [-0.39, 0.29) is 17.1 Å². The van der Waals surface area contributed by atoms with Gasteiger partial charge in [0.1, 0.15) is 11.6 Å². The number of amidine groups is 1. The van der Waals surface area contributed by atoms with E-state index in [1.165, 1.54) is 19.2 Å². The van der Waals surface area contributed by atoms with E-state index in [1.54, 1.807) is 5.38 Å². The molecule has 2 aliphatic rings. The van der Waals surface area contributed by atoms with Crippen LogP contribution in [0.2, 0.25) is 0 Å². The number of carboxylic acid groups (broad SMARTS) is 2. The lowest BCUT2D eigenvalue weighted by Crippen LogP contribution is -2.46. The van der Waals surface area contributed by atoms with Crippen molar-refractivity contribution in [3.05, 3.63) is 63.3 Å². The Morgan fingerprint density at radius 2 is 2.00 bits per heavy atom. The monoisotopic (exact) mass is 498 g/mol. The van der Waals surface area contributed by atoms with E-state index in [1.807, 2.05) is 0 Å². The lowest BCUT2D eigenvalue weighted by molar-refractivity contribution is -0.142. The summed E-state index contributed by atoms with van der Waals surface area (Å²) in [7, 11) is 0. The maximum atomic E-state index is 14.1. The van der Waals surface area contributed by atoms with Crippen LogP contribution in [0.25, 0.3) is 0 Å². The van der Waals surface area contributed by atoms with E-state index in [4.69, 9.17) is 0 Å². The smallest absolute Gasteiger partial charge is 0.336 e. The van der Waals surface area contributed by atoms with Crippen LogP contribution in [0.4, 0.5) is 17.6 Å². The number of rotatable bonds is 6. The van der Waals surface area contributed by atoms with Crippen molar-refractivity contribution < 1.29 is 37.4 Å². The van der Waals surface area contributed by atoms with E-state index in [2.05, 4.69) is 15.3 Å². The Hall–Kier alpha value is -3.32. The fourth-order valence-electron chi connectivity index (χ4n) is 4.21. The van der Waals surface area contributed by atoms with Crippen molar-refractivity contribution in [1.82, 2.24) is 15.2 Å². The average Bonchev–Trinajstić information content (AvgIpc) is 3.37. The van der Waals surface area contributed by atoms with Gasteiger partial charge in [-0.15, -0.1) is 11.3 Å². The first-order valence-electron chi connectivity index (χ1n) is 9.95. The van der Waals surface area contributed by atoms with Crippen LogP contribution in [-0.2, 0) is 15.1 Å². The van der Waals surface area contributed by atoms with Crippen LogP contribution in [0.5, 0.6) is 0 Å². The molecule has 0 amide bonds. The number of aromatic nitrogens is 1. The van der Waals surface area contributed by atoms with Gasteiger partial charge in [-0.25, -0.2) is 32.3 Å². The second-order valence-corrected chi connectivity index (χ2v) is 9.00. The molecule has 13 heteroatoms. The van der Waals surface area contributed by atoms with E-state index in [0.717, 1.165) is 28.4 Å². The van der Waals surface area contributed by atoms with Crippen LogP contribution in [0.15, 0.2) is 46.0 Å². The SMILES string of the molecule is CC1(c2ccc(F)c(F)c2)N=C(c2nccs2)NC(CN2CC(F)(F)CC2C(=O)O)=C1C(=O)O. The Balaban J connectivity index is 1.87. The molecule has 0 saturated carbocycles. The molecule has 1 aromatic carbocycles. The van der Waals surface area contributed by atoms with Crippen LogP contribution in [0, 0.1) is 11.6 Å². The van der Waals surface area contributed by atoms with Crippen molar-refractivity contribution in [2.24, 2.45) is 4.99 Å². The summed E-state index contributed by atoms with van der Waals surface area (Å²) in [6, 6.07) is 1.28. The quantitative estimate of drug-likeness (QED) is 0.525. The number of hydrogen-bond acceptors (Lipinski definition) is 7. The third-order valence-corrected chi connectivity index (χ3v) is 6.52. The Morgan fingerprint density at radius 3 is 2.59 bits per heavy atom. The van der Waals surface area contributed by atoms with Crippen molar-refractivity contribution >= 4 is 29.1 Å². The Kier molecular flexibility index (Phi) is 5.94. The standard InChI is InChI=1S/C21H18F4N4O4S/c1-20(10-2-3-11(22)12(23)6-10)15(19(32)33)13(27-16(28-20)17-26-4-5-34-17)8-29-9-21(24,25)7-14(29)18(30)31/h2-6,14H,7-9H2,1H3,(H,27,28)(H,30,31)(H,32,33). The fraction of sp³-hybridized carbons (Fsp3) is 0.333. The number of alkyl halides is 2. The zero-order valence-electron chi connectivity index (χ0n) is 17.6. The van der Waals surface area contributed by atoms with Gasteiger partial charge in [0.25, 0.3) is 5.92 Å². The number of carboxylic acids is 2. The number of halogens is 4. The van der Waals surface area contributed by atoms with Crippen LogP contribution in [-0.4, -0.2) is 62.9 Å². The summed E-state index contributed by atoms with van der Waals surface area (Å²) in [5.41, 5.74) is -2.30. The summed E-state index contributed by atoms with van der Waals surface area (Å²) >= 11 is 1.15. The molecule has 2 aliphatic heterocycles. The molecule has 0 radical (unpaired) electrons. The maximum absolute atomic E-state index is 14.1. The number of nitrogens with zero attached hydrogens (tertiary/aromatic N) is 3. The lowest BCUT2D eigenvalue weighted by atomic mass is 9.82. The highest BCUT2D eigenvalue weighted by Crippen LogP contribution is 2.40. The number of likely N-dealkylation sites (tertiary alicyclic amines) is 1. The molecule has 2 unspecified atom stereocenters. The van der Waals surface area contributed by atoms with Gasteiger partial charge in [-0.1, -0.05) is 6.07 Å². The third-order valence-electron chi connectivity index (χ3n) is 5.74. The molecular weight excluding hydrogens is 480 g/mol. The van der Waals surface area contributed by atoms with Gasteiger partial charge in [0.05, 0.1) is 12.1 Å². The molecule has 180 valence electrons. The molecule has 1 saturated heterocycles. The zero-order valence-corrected chi connectivity index (χ0v) is 18.4. The molecule has 4 rings (SSSR count). The minimum absolute atomic E-state index is 0.00149. The number of benzene rings is 1. The van der Waals surface area contributed by atoms with Gasteiger partial charge in [0.2, 0.25) is 0 Å². The van der Waals surface area contributed by atoms with E-state index < -0.39 is 66.2 Å². The van der Waals surface area contributed by atoms with Gasteiger partial charge in [-0.2, -0.15) is 0 Å². The summed E-state index contributed by atoms with van der Waals surface area (Å²) in [6.45, 7) is -0.0175. The molecule has 2 atom stereocenters. The van der Waals surface area contributed by atoms with Gasteiger partial charge < -0.3 is 15.5 Å². The van der Waals surface area contributed by atoms with E-state index >= 15 is 0 Å². The number of carbonyl (C=O) groups is 2. The number of aliphatic carboxylic acids is 2. The highest BCUT2D eigenvalue weighted by Gasteiger charge is 2.50. The Morgan fingerprint density at radius 1 is 1.26 bits per heavy atom. The second kappa shape index (κ2) is 8.47. The molecule has 1 fully saturated rings. The summed E-state index contributed by atoms with van der Waals surface area (Å²) < 4.78 is 55.8. The van der Waals surface area contributed by atoms with Gasteiger partial charge in [0.15, 0.2) is 22.5 Å². The first-order chi connectivity index (χ1) is 15.9. The maximum Gasteiger partial charge on any atom is 0.336 e. The van der Waals surface area contributed by atoms with Crippen molar-refractivity contribution in [1.29, 1.82) is 0 Å². The summed E-state index contributed by atoms with van der Waals surface area (Å²) in [5, 5.41) is 24.3. The van der Waals surface area contributed by atoms with Crippen molar-refractivity contribution in [3.63, 3.8) is 0 Å². The molecule has 0 aliphatic carbocycles. The second-order valence-electron chi connectivity index (χ2n) is 8.10. The molecule has 0 spiro atoms. The highest BCUT2D eigenvalue weighted by molar-refractivity contribution is 7.11. The highest BCUT2D eigenvalue weighted by atomic mass is 32.1. The molecule has 34 heavy (non-hydrogen) atoms. The molecule has 3 N–H and O–H groups in total. The molecule has 8 nitrogen and oxygen atoms in total. The largest absolute Gasteiger partial charge is 0.480 e. The van der Waals surface area contributed by atoms with Crippen LogP contribution in [0.3, 0.4) is 0 Å². The molecule has 3 heterocycles. The predicted octanol–water partition coefficient (Wildman–Crippen LogP) is 2.82. The Bertz CT molecular complexity index is 1220. The van der Waals surface area contributed by atoms with Crippen molar-refractivity contribution in [2.45, 2.75) is 30.8 Å². The topological polar surface area (TPSA) is 115 Å². The van der Waals surface area contributed by atoms with Crippen LogP contribution >= 0.6 is 11.3 Å². The zero-order chi connectivity index (χ0) is 24.8. The van der Waals surface area contributed by atoms with Gasteiger partial charge in [-0.05, 0) is 24.6 Å². The number of nitrogens with one attached hydrogen (secondary N) is 1. The molecular formula is C21H18F4N4O4S. The normalized spacial score (nSPS) is 24.6. The first-order valence-corrected chi connectivity index (χ1v) is 10.8. The molecule has 0 bridgehead atoms. The summed E-state index contributed by atoms with van der Waals surface area (Å²) in [6.07, 6.45) is 0.544. The minimum atomic E-state index is -3.28. The van der Waals surface area contributed by atoms with Crippen molar-refractivity contribution in [2.75, 3.05) is 13.1 Å². The minimum Gasteiger partial charge on any atom is -0.480 e. The van der Waals surface area contributed by atoms with E-state index in [9.17, 15) is 37.4 Å². The van der Waals surface area contributed by atoms with Gasteiger partial charge >= 0.3 is 11.9 Å². The van der Waals surface area contributed by atoms with Gasteiger partial charge in [0, 0.05) is 30.2 Å². The number of aliphatic imine (C=N–C) groups is 1. The first kappa shape index (κ1) is 23.8. The Labute approximate surface area is 194 Å². The average molecular weight is 498 g/mol. The van der Waals surface area contributed by atoms with E-state index in [0.29, 0.717) is 5.01 Å². The summed E-state index contributed by atoms with van der Waals surface area (Å²) in [4.78, 5) is 33.5. The molecule has 2 aromatic rings. The number of thiazole rings is 1. The van der Waals surface area contributed by atoms with Crippen LogP contribution < -0.4 is 5.32 Å². The third kappa shape index (κ3) is 4.28. The fourth-order valence-corrected chi connectivity index (χ4v) is 4.79. The molecule has 1 aromatic heterocycles. The predicted molar refractivity (Wildman–Crippen MR) is 113 cm³/mol. The van der Waals surface area contributed by atoms with Crippen LogP contribution in [0.1, 0.15) is 23.9 Å². The van der Waals surface area contributed by atoms with Crippen molar-refractivity contribution in [3.8, 4) is 0 Å². The number of hydrogen-bond donors (Lipinski definition) is 3. The van der Waals surface area contributed by atoms with Gasteiger partial charge in [-0.3, -0.25) is 9.69 Å². The lowest BCUT2D eigenvalue weighted by Gasteiger charge is -2.35. The summed E-state index contributed by atoms with van der Waals surface area (Å²) in [5.74, 6) is -8.52.